The molecule has 0 bridgehead atoms. The monoisotopic (exact) mass is 278 g/mol. The van der Waals surface area contributed by atoms with Crippen molar-refractivity contribution in [2.75, 3.05) is 38.6 Å². The van der Waals surface area contributed by atoms with Crippen LogP contribution in [0, 0.1) is 5.82 Å². The van der Waals surface area contributed by atoms with Gasteiger partial charge in [0.05, 0.1) is 18.2 Å². The molecular weight excluding hydrogens is 259 g/mol. The van der Waals surface area contributed by atoms with Crippen molar-refractivity contribution in [2.24, 2.45) is 7.05 Å². The average molecular weight is 278 g/mol. The van der Waals surface area contributed by atoms with E-state index in [4.69, 9.17) is 4.74 Å². The fourth-order valence-corrected chi connectivity index (χ4v) is 2.53. The maximum Gasteiger partial charge on any atom is 0.203 e. The van der Waals surface area contributed by atoms with Crippen molar-refractivity contribution in [1.82, 2.24) is 14.5 Å². The molecule has 0 aliphatic carbocycles. The van der Waals surface area contributed by atoms with E-state index in [0.717, 1.165) is 25.2 Å². The van der Waals surface area contributed by atoms with Crippen LogP contribution in [0.4, 0.5) is 10.3 Å². The van der Waals surface area contributed by atoms with Gasteiger partial charge in [0.2, 0.25) is 5.95 Å². The van der Waals surface area contributed by atoms with Gasteiger partial charge in [-0.2, -0.15) is 0 Å². The van der Waals surface area contributed by atoms with Crippen LogP contribution in [-0.4, -0.2) is 53.8 Å². The van der Waals surface area contributed by atoms with Gasteiger partial charge in [-0.3, -0.25) is 0 Å². The number of ether oxygens (including phenoxy) is 1. The second-order valence-electron chi connectivity index (χ2n) is 5.24. The first kappa shape index (κ1) is 13.3. The zero-order chi connectivity index (χ0) is 14.1. The van der Waals surface area contributed by atoms with Gasteiger partial charge in [0, 0.05) is 26.7 Å². The third-order valence-corrected chi connectivity index (χ3v) is 3.69. The number of fused-ring (bicyclic) bond motifs is 1. The van der Waals surface area contributed by atoms with Gasteiger partial charge in [0.25, 0.3) is 0 Å². The number of benzene rings is 1. The van der Waals surface area contributed by atoms with Crippen molar-refractivity contribution in [3.63, 3.8) is 0 Å². The molecule has 2 heterocycles. The number of likely N-dealkylation sites (N-methyl/N-ethyl adjacent to an activating group) is 1. The molecule has 3 rings (SSSR count). The summed E-state index contributed by atoms with van der Waals surface area (Å²) in [6.45, 7) is 3.28. The minimum absolute atomic E-state index is 0.137. The first-order valence-electron chi connectivity index (χ1n) is 6.80. The van der Waals surface area contributed by atoms with Gasteiger partial charge >= 0.3 is 0 Å². The van der Waals surface area contributed by atoms with Crippen molar-refractivity contribution in [3.05, 3.63) is 24.0 Å². The number of nitrogens with one attached hydrogen (secondary N) is 1. The average Bonchev–Trinajstić information content (AvgIpc) is 2.75. The van der Waals surface area contributed by atoms with Gasteiger partial charge in [0.1, 0.15) is 5.52 Å². The Labute approximate surface area is 117 Å². The first-order chi connectivity index (χ1) is 9.65. The van der Waals surface area contributed by atoms with E-state index in [2.05, 4.69) is 22.2 Å². The van der Waals surface area contributed by atoms with Gasteiger partial charge in [-0.05, 0) is 19.2 Å². The smallest absolute Gasteiger partial charge is 0.203 e. The van der Waals surface area contributed by atoms with E-state index in [1.807, 2.05) is 17.7 Å². The molecule has 1 fully saturated rings. The van der Waals surface area contributed by atoms with E-state index in [1.165, 1.54) is 6.07 Å². The van der Waals surface area contributed by atoms with Crippen LogP contribution in [0.1, 0.15) is 0 Å². The van der Waals surface area contributed by atoms with Crippen molar-refractivity contribution >= 4 is 17.0 Å². The minimum Gasteiger partial charge on any atom is -0.374 e. The predicted molar refractivity (Wildman–Crippen MR) is 76.4 cm³/mol. The minimum atomic E-state index is -0.292. The molecule has 1 atom stereocenters. The number of halogens is 1. The summed E-state index contributed by atoms with van der Waals surface area (Å²) in [5.74, 6) is 0.377. The van der Waals surface area contributed by atoms with E-state index in [1.54, 1.807) is 6.07 Å². The number of hydrogen-bond donors (Lipinski definition) is 1. The van der Waals surface area contributed by atoms with E-state index in [0.29, 0.717) is 18.0 Å². The number of aromatic nitrogens is 2. The Bertz CT molecular complexity index is 612. The molecule has 1 saturated heterocycles. The molecule has 0 saturated carbocycles. The highest BCUT2D eigenvalue weighted by atomic mass is 19.1. The lowest BCUT2D eigenvalue weighted by Crippen LogP contribution is -2.43. The molecule has 1 aromatic carbocycles. The Kier molecular flexibility index (Phi) is 3.58. The van der Waals surface area contributed by atoms with Gasteiger partial charge in [-0.25, -0.2) is 9.37 Å². The van der Waals surface area contributed by atoms with Crippen LogP contribution in [-0.2, 0) is 11.8 Å². The molecule has 1 aromatic heterocycles. The van der Waals surface area contributed by atoms with Crippen LogP contribution >= 0.6 is 0 Å². The fourth-order valence-electron chi connectivity index (χ4n) is 2.53. The molecule has 0 spiro atoms. The standard InChI is InChI=1S/C14H19FN4O/c1-18-6-7-20-10(9-18)8-16-14-17-13-11(15)4-3-5-12(13)19(14)2/h3-5,10H,6-9H2,1-2H3,(H,16,17). The molecule has 0 radical (unpaired) electrons. The van der Waals surface area contributed by atoms with Gasteiger partial charge in [-0.15, -0.1) is 0 Å². The zero-order valence-corrected chi connectivity index (χ0v) is 11.8. The van der Waals surface area contributed by atoms with E-state index in [9.17, 15) is 4.39 Å². The summed E-state index contributed by atoms with van der Waals surface area (Å²) in [5.41, 5.74) is 1.19. The van der Waals surface area contributed by atoms with Gasteiger partial charge < -0.3 is 19.5 Å². The Morgan fingerprint density at radius 3 is 3.05 bits per heavy atom. The molecule has 6 heteroatoms. The summed E-state index contributed by atoms with van der Waals surface area (Å²) in [6.07, 6.45) is 0.137. The maximum absolute atomic E-state index is 13.7. The number of nitrogens with zero attached hydrogens (tertiary/aromatic N) is 3. The molecule has 1 aliphatic heterocycles. The molecule has 20 heavy (non-hydrogen) atoms. The summed E-state index contributed by atoms with van der Waals surface area (Å²) < 4.78 is 21.2. The van der Waals surface area contributed by atoms with E-state index in [-0.39, 0.29) is 11.9 Å². The second kappa shape index (κ2) is 5.38. The van der Waals surface area contributed by atoms with Gasteiger partial charge in [0.15, 0.2) is 5.82 Å². The van der Waals surface area contributed by atoms with Crippen LogP contribution in [0.25, 0.3) is 11.0 Å². The summed E-state index contributed by atoms with van der Waals surface area (Å²) in [7, 11) is 3.96. The molecule has 1 aliphatic rings. The molecule has 1 unspecified atom stereocenters. The number of imidazole rings is 1. The number of aryl methyl sites for hydroxylation is 1. The summed E-state index contributed by atoms with van der Waals surface area (Å²) >= 11 is 0. The highest BCUT2D eigenvalue weighted by Crippen LogP contribution is 2.20. The fraction of sp³-hybridized carbons (Fsp3) is 0.500. The van der Waals surface area contributed by atoms with Crippen LogP contribution in [0.3, 0.4) is 0 Å². The third kappa shape index (κ3) is 2.48. The van der Waals surface area contributed by atoms with Crippen molar-refractivity contribution in [1.29, 1.82) is 0 Å². The number of rotatable bonds is 3. The Hall–Kier alpha value is -1.66. The van der Waals surface area contributed by atoms with Crippen LogP contribution < -0.4 is 5.32 Å². The number of hydrogen-bond acceptors (Lipinski definition) is 4. The lowest BCUT2D eigenvalue weighted by molar-refractivity contribution is -0.0118. The topological polar surface area (TPSA) is 42.3 Å². The highest BCUT2D eigenvalue weighted by Gasteiger charge is 2.18. The first-order valence-corrected chi connectivity index (χ1v) is 6.80. The molecule has 108 valence electrons. The maximum atomic E-state index is 13.7. The number of para-hydroxylation sites is 1. The molecule has 1 N–H and O–H groups in total. The van der Waals surface area contributed by atoms with Gasteiger partial charge in [-0.1, -0.05) is 6.07 Å². The van der Waals surface area contributed by atoms with Crippen molar-refractivity contribution in [2.45, 2.75) is 6.10 Å². The SMILES string of the molecule is CN1CCOC(CNc2nc3c(F)cccc3n2C)C1. The lowest BCUT2D eigenvalue weighted by Gasteiger charge is -2.30. The summed E-state index contributed by atoms with van der Waals surface area (Å²) in [5, 5.41) is 3.25. The normalized spacial score (nSPS) is 20.4. The van der Waals surface area contributed by atoms with Crippen LogP contribution in [0.5, 0.6) is 0 Å². The summed E-state index contributed by atoms with van der Waals surface area (Å²) in [6, 6.07) is 4.99. The third-order valence-electron chi connectivity index (χ3n) is 3.69. The summed E-state index contributed by atoms with van der Waals surface area (Å²) in [4.78, 5) is 6.56. The van der Waals surface area contributed by atoms with Crippen molar-refractivity contribution in [3.8, 4) is 0 Å². The zero-order valence-electron chi connectivity index (χ0n) is 11.8. The highest BCUT2D eigenvalue weighted by molar-refractivity contribution is 5.79. The lowest BCUT2D eigenvalue weighted by atomic mass is 10.3. The Morgan fingerprint density at radius 1 is 1.45 bits per heavy atom. The van der Waals surface area contributed by atoms with Crippen LogP contribution in [0.2, 0.25) is 0 Å². The Balaban J connectivity index is 1.74. The second-order valence-corrected chi connectivity index (χ2v) is 5.24. The van der Waals surface area contributed by atoms with Crippen LogP contribution in [0.15, 0.2) is 18.2 Å². The van der Waals surface area contributed by atoms with E-state index < -0.39 is 0 Å². The number of morpholine rings is 1. The molecular formula is C14H19FN4O. The molecule has 5 nitrogen and oxygen atoms in total. The largest absolute Gasteiger partial charge is 0.374 e. The van der Waals surface area contributed by atoms with Crippen molar-refractivity contribution < 1.29 is 9.13 Å². The Morgan fingerprint density at radius 2 is 2.30 bits per heavy atom. The molecule has 2 aromatic rings. The van der Waals surface area contributed by atoms with E-state index >= 15 is 0 Å². The predicted octanol–water partition coefficient (Wildman–Crippen LogP) is 1.45. The number of anilines is 1. The quantitative estimate of drug-likeness (QED) is 0.923. The molecule has 0 amide bonds.